The van der Waals surface area contributed by atoms with Crippen molar-refractivity contribution in [1.82, 2.24) is 29.7 Å². The summed E-state index contributed by atoms with van der Waals surface area (Å²) in [5, 5.41) is 14.4. The van der Waals surface area contributed by atoms with Crippen molar-refractivity contribution in [2.24, 2.45) is 0 Å². The maximum absolute atomic E-state index is 12.7. The normalized spacial score (nSPS) is 15.5. The van der Waals surface area contributed by atoms with Crippen LogP contribution < -0.4 is 10.6 Å². The zero-order valence-electron chi connectivity index (χ0n) is 18.7. The fourth-order valence-electron chi connectivity index (χ4n) is 4.00. The van der Waals surface area contributed by atoms with Crippen molar-refractivity contribution >= 4 is 23.3 Å². The molecule has 0 radical (unpaired) electrons. The third-order valence-electron chi connectivity index (χ3n) is 5.84. The first-order chi connectivity index (χ1) is 15.4. The standard InChI is InChI=1S/C23H29N7O2/c1-16-7-6-8-17(2)21(16)25-20(31)15-28-11-13-29(14-12-28)23(32)24-18(3)22-27-26-19-9-4-5-10-30(19)22/h4-10,18H,11-15H2,1-3H3,(H,24,32)(H,25,31). The Labute approximate surface area is 187 Å². The van der Waals surface area contributed by atoms with Crippen molar-refractivity contribution in [1.29, 1.82) is 0 Å². The van der Waals surface area contributed by atoms with E-state index >= 15 is 0 Å². The van der Waals surface area contributed by atoms with Crippen LogP contribution in [0.25, 0.3) is 5.65 Å². The number of pyridine rings is 1. The molecule has 1 aliphatic heterocycles. The number of aromatic nitrogens is 3. The summed E-state index contributed by atoms with van der Waals surface area (Å²) in [4.78, 5) is 29.1. The first-order valence-corrected chi connectivity index (χ1v) is 10.9. The number of benzene rings is 1. The van der Waals surface area contributed by atoms with Crippen LogP contribution in [0, 0.1) is 13.8 Å². The maximum atomic E-state index is 12.7. The number of fused-ring (bicyclic) bond motifs is 1. The van der Waals surface area contributed by atoms with Gasteiger partial charge in [0.15, 0.2) is 11.5 Å². The molecule has 1 fully saturated rings. The molecule has 1 aliphatic rings. The van der Waals surface area contributed by atoms with Crippen LogP contribution in [0.3, 0.4) is 0 Å². The number of hydrogen-bond acceptors (Lipinski definition) is 5. The maximum Gasteiger partial charge on any atom is 0.318 e. The van der Waals surface area contributed by atoms with E-state index in [1.165, 1.54) is 0 Å². The molecular formula is C23H29N7O2. The summed E-state index contributed by atoms with van der Waals surface area (Å²) in [6, 6.07) is 11.2. The number of amides is 3. The van der Waals surface area contributed by atoms with Crippen LogP contribution in [-0.4, -0.2) is 69.1 Å². The Bertz CT molecular complexity index is 1100. The summed E-state index contributed by atoms with van der Waals surface area (Å²) < 4.78 is 1.87. The van der Waals surface area contributed by atoms with Gasteiger partial charge in [0.25, 0.3) is 0 Å². The Hall–Kier alpha value is -3.46. The van der Waals surface area contributed by atoms with Gasteiger partial charge < -0.3 is 15.5 Å². The first kappa shape index (κ1) is 21.8. The summed E-state index contributed by atoms with van der Waals surface area (Å²) in [6.45, 7) is 8.62. The predicted molar refractivity (Wildman–Crippen MR) is 122 cm³/mol. The third kappa shape index (κ3) is 4.72. The monoisotopic (exact) mass is 435 g/mol. The minimum Gasteiger partial charge on any atom is -0.328 e. The Kier molecular flexibility index (Phi) is 6.36. The number of carbonyl (C=O) groups excluding carboxylic acids is 2. The molecule has 0 saturated carbocycles. The van der Waals surface area contributed by atoms with Crippen LogP contribution in [0.2, 0.25) is 0 Å². The van der Waals surface area contributed by atoms with E-state index in [-0.39, 0.29) is 18.0 Å². The fraction of sp³-hybridized carbons (Fsp3) is 0.391. The summed E-state index contributed by atoms with van der Waals surface area (Å²) in [6.07, 6.45) is 1.88. The van der Waals surface area contributed by atoms with Crippen LogP contribution in [0.15, 0.2) is 42.6 Å². The van der Waals surface area contributed by atoms with E-state index < -0.39 is 0 Å². The molecule has 4 rings (SSSR count). The van der Waals surface area contributed by atoms with Gasteiger partial charge in [-0.05, 0) is 44.0 Å². The van der Waals surface area contributed by atoms with Crippen molar-refractivity contribution < 1.29 is 9.59 Å². The van der Waals surface area contributed by atoms with E-state index in [0.29, 0.717) is 38.5 Å². The van der Waals surface area contributed by atoms with Gasteiger partial charge in [-0.1, -0.05) is 24.3 Å². The number of rotatable bonds is 5. The molecule has 0 aliphatic carbocycles. The molecule has 3 aromatic rings. The highest BCUT2D eigenvalue weighted by Gasteiger charge is 2.25. The van der Waals surface area contributed by atoms with E-state index in [4.69, 9.17) is 0 Å². The Morgan fingerprint density at radius 2 is 1.72 bits per heavy atom. The van der Waals surface area contributed by atoms with Crippen molar-refractivity contribution in [2.75, 3.05) is 38.0 Å². The van der Waals surface area contributed by atoms with Gasteiger partial charge in [-0.3, -0.25) is 14.1 Å². The Morgan fingerprint density at radius 1 is 1.00 bits per heavy atom. The molecule has 32 heavy (non-hydrogen) atoms. The number of nitrogens with zero attached hydrogens (tertiary/aromatic N) is 5. The number of nitrogens with one attached hydrogen (secondary N) is 2. The number of para-hydroxylation sites is 1. The minimum atomic E-state index is -0.277. The van der Waals surface area contributed by atoms with E-state index in [9.17, 15) is 9.59 Å². The second kappa shape index (κ2) is 9.35. The smallest absolute Gasteiger partial charge is 0.318 e. The van der Waals surface area contributed by atoms with Gasteiger partial charge in [0.2, 0.25) is 5.91 Å². The average Bonchev–Trinajstić information content (AvgIpc) is 3.21. The van der Waals surface area contributed by atoms with Gasteiger partial charge in [0.1, 0.15) is 0 Å². The molecule has 1 unspecified atom stereocenters. The summed E-state index contributed by atoms with van der Waals surface area (Å²) >= 11 is 0. The lowest BCUT2D eigenvalue weighted by Gasteiger charge is -2.34. The molecule has 1 atom stereocenters. The van der Waals surface area contributed by atoms with Crippen LogP contribution >= 0.6 is 0 Å². The number of carbonyl (C=O) groups is 2. The second-order valence-electron chi connectivity index (χ2n) is 8.24. The topological polar surface area (TPSA) is 94.9 Å². The molecule has 168 valence electrons. The van der Waals surface area contributed by atoms with Crippen molar-refractivity contribution in [3.63, 3.8) is 0 Å². The fourth-order valence-corrected chi connectivity index (χ4v) is 4.00. The summed E-state index contributed by atoms with van der Waals surface area (Å²) in [5.74, 6) is 0.656. The molecule has 3 amide bonds. The third-order valence-corrected chi connectivity index (χ3v) is 5.84. The second-order valence-corrected chi connectivity index (χ2v) is 8.24. The van der Waals surface area contributed by atoms with Gasteiger partial charge >= 0.3 is 6.03 Å². The predicted octanol–water partition coefficient (Wildman–Crippen LogP) is 2.37. The van der Waals surface area contributed by atoms with Crippen molar-refractivity contribution in [2.45, 2.75) is 26.8 Å². The quantitative estimate of drug-likeness (QED) is 0.642. The zero-order valence-corrected chi connectivity index (χ0v) is 18.7. The largest absolute Gasteiger partial charge is 0.328 e. The molecule has 2 aromatic heterocycles. The Morgan fingerprint density at radius 3 is 2.44 bits per heavy atom. The summed E-state index contributed by atoms with van der Waals surface area (Å²) in [5.41, 5.74) is 3.73. The number of piperazine rings is 1. The number of urea groups is 1. The lowest BCUT2D eigenvalue weighted by Crippen LogP contribution is -2.53. The highest BCUT2D eigenvalue weighted by Crippen LogP contribution is 2.19. The van der Waals surface area contributed by atoms with Crippen LogP contribution in [0.1, 0.15) is 29.9 Å². The first-order valence-electron chi connectivity index (χ1n) is 10.9. The van der Waals surface area contributed by atoms with Gasteiger partial charge in [0, 0.05) is 38.1 Å². The van der Waals surface area contributed by atoms with Gasteiger partial charge in [-0.15, -0.1) is 10.2 Å². The SMILES string of the molecule is Cc1cccc(C)c1NC(=O)CN1CCN(C(=O)NC(C)c2nnc3ccccn23)CC1. The molecule has 1 aromatic carbocycles. The van der Waals surface area contributed by atoms with Crippen molar-refractivity contribution in [3.8, 4) is 0 Å². The average molecular weight is 436 g/mol. The zero-order chi connectivity index (χ0) is 22.7. The van der Waals surface area contributed by atoms with Gasteiger partial charge in [0.05, 0.1) is 12.6 Å². The van der Waals surface area contributed by atoms with E-state index in [2.05, 4.69) is 25.7 Å². The Balaban J connectivity index is 1.27. The molecule has 3 heterocycles. The molecule has 1 saturated heterocycles. The van der Waals surface area contributed by atoms with Crippen LogP contribution in [0.5, 0.6) is 0 Å². The molecule has 9 heteroatoms. The van der Waals surface area contributed by atoms with E-state index in [1.807, 2.05) is 67.8 Å². The molecular weight excluding hydrogens is 406 g/mol. The van der Waals surface area contributed by atoms with E-state index in [0.717, 1.165) is 22.5 Å². The lowest BCUT2D eigenvalue weighted by atomic mass is 10.1. The van der Waals surface area contributed by atoms with Crippen LogP contribution in [-0.2, 0) is 4.79 Å². The van der Waals surface area contributed by atoms with E-state index in [1.54, 1.807) is 4.90 Å². The van der Waals surface area contributed by atoms with Gasteiger partial charge in [-0.25, -0.2) is 4.79 Å². The lowest BCUT2D eigenvalue weighted by molar-refractivity contribution is -0.117. The minimum absolute atomic E-state index is 0.0346. The van der Waals surface area contributed by atoms with Crippen molar-refractivity contribution in [3.05, 3.63) is 59.5 Å². The molecule has 9 nitrogen and oxygen atoms in total. The molecule has 0 spiro atoms. The van der Waals surface area contributed by atoms with Gasteiger partial charge in [-0.2, -0.15) is 0 Å². The number of hydrogen-bond donors (Lipinski definition) is 2. The molecule has 2 N–H and O–H groups in total. The summed E-state index contributed by atoms with van der Waals surface area (Å²) in [7, 11) is 0. The highest BCUT2D eigenvalue weighted by molar-refractivity contribution is 5.93. The molecule has 0 bridgehead atoms. The number of aryl methyl sites for hydroxylation is 2. The number of anilines is 1. The highest BCUT2D eigenvalue weighted by atomic mass is 16.2. The van der Waals surface area contributed by atoms with Crippen LogP contribution in [0.4, 0.5) is 10.5 Å².